The largest absolute Gasteiger partial charge is 0.505 e. The number of ether oxygens (including phenoxy) is 2. The Morgan fingerprint density at radius 3 is 2.60 bits per heavy atom. The summed E-state index contributed by atoms with van der Waals surface area (Å²) >= 11 is 4.14. The molecule has 2 aliphatic rings. The van der Waals surface area contributed by atoms with Crippen LogP contribution in [0.2, 0.25) is 5.02 Å². The first kappa shape index (κ1) is 28.6. The van der Waals surface area contributed by atoms with Gasteiger partial charge >= 0.3 is 0 Å². The van der Waals surface area contributed by atoms with E-state index in [1.54, 1.807) is 18.2 Å². The van der Waals surface area contributed by atoms with E-state index in [2.05, 4.69) is 18.7 Å². The van der Waals surface area contributed by atoms with Crippen LogP contribution in [0.25, 0.3) is 11.1 Å². The van der Waals surface area contributed by atoms with E-state index in [0.717, 1.165) is 35.5 Å². The highest BCUT2D eigenvalue weighted by Crippen LogP contribution is 2.49. The molecule has 2 unspecified atom stereocenters. The van der Waals surface area contributed by atoms with Crippen molar-refractivity contribution in [1.82, 2.24) is 4.90 Å². The van der Waals surface area contributed by atoms with E-state index >= 15 is 0 Å². The predicted octanol–water partition coefficient (Wildman–Crippen LogP) is 7.08. The van der Waals surface area contributed by atoms with Gasteiger partial charge in [-0.25, -0.2) is 8.60 Å². The minimum atomic E-state index is -2.10. The fraction of sp³-hybridized carbons (Fsp3) is 0.355. The first-order valence-electron chi connectivity index (χ1n) is 13.3. The zero-order chi connectivity index (χ0) is 28.6. The lowest BCUT2D eigenvalue weighted by atomic mass is 9.84. The van der Waals surface area contributed by atoms with Gasteiger partial charge in [-0.05, 0) is 85.3 Å². The molecule has 5 rings (SSSR count). The molecule has 2 N–H and O–H groups in total. The number of aromatic hydroxyl groups is 1. The van der Waals surface area contributed by atoms with Crippen LogP contribution in [-0.4, -0.2) is 44.5 Å². The highest BCUT2D eigenvalue weighted by Gasteiger charge is 2.32. The summed E-state index contributed by atoms with van der Waals surface area (Å²) < 4.78 is 48.3. The van der Waals surface area contributed by atoms with Gasteiger partial charge in [-0.1, -0.05) is 36.7 Å². The Hall–Kier alpha value is -2.91. The summed E-state index contributed by atoms with van der Waals surface area (Å²) in [5.74, 6) is 0.371. The van der Waals surface area contributed by atoms with E-state index in [1.165, 1.54) is 18.6 Å². The van der Waals surface area contributed by atoms with Gasteiger partial charge in [0.25, 0.3) is 0 Å². The maximum Gasteiger partial charge on any atom is 0.168 e. The smallest absolute Gasteiger partial charge is 0.168 e. The van der Waals surface area contributed by atoms with Gasteiger partial charge in [0.1, 0.15) is 24.2 Å². The third-order valence-electron chi connectivity index (χ3n) is 7.75. The summed E-state index contributed by atoms with van der Waals surface area (Å²) in [5.41, 5.74) is 4.10. The SMILES string of the molecule is CC1=C(c2ccc(Cl)cc2CS(=O)O)C(c2ccc(OC[C@H](C)N3CC[C@@H](C)C3)cc2)Oc2cc(F)c(O)cc21. The summed E-state index contributed by atoms with van der Waals surface area (Å²) in [4.78, 5) is 2.45. The normalized spacial score (nSPS) is 20.6. The molecule has 0 radical (unpaired) electrons. The summed E-state index contributed by atoms with van der Waals surface area (Å²) in [5, 5.41) is 10.5. The number of benzene rings is 3. The van der Waals surface area contributed by atoms with E-state index < -0.39 is 28.8 Å². The molecule has 4 atom stereocenters. The second kappa shape index (κ2) is 11.9. The molecule has 0 amide bonds. The Bertz CT molecular complexity index is 1460. The van der Waals surface area contributed by atoms with Crippen LogP contribution in [0.4, 0.5) is 4.39 Å². The molecule has 0 bridgehead atoms. The van der Waals surface area contributed by atoms with Crippen LogP contribution in [0, 0.1) is 11.7 Å². The van der Waals surface area contributed by atoms with E-state index in [-0.39, 0.29) is 5.75 Å². The molecular formula is C31H33ClFNO5S. The molecule has 0 aliphatic carbocycles. The molecule has 0 spiro atoms. The quantitative estimate of drug-likeness (QED) is 0.275. The number of nitrogens with zero attached hydrogens (tertiary/aromatic N) is 1. The Labute approximate surface area is 241 Å². The number of phenolic OH excluding ortho intramolecular Hbond substituents is 1. The van der Waals surface area contributed by atoms with Crippen molar-refractivity contribution in [3.05, 3.63) is 87.7 Å². The van der Waals surface area contributed by atoms with Crippen molar-refractivity contribution < 1.29 is 27.7 Å². The molecule has 3 aromatic rings. The molecule has 212 valence electrons. The second-order valence-corrected chi connectivity index (χ2v) is 12.1. The first-order chi connectivity index (χ1) is 19.1. The van der Waals surface area contributed by atoms with Crippen molar-refractivity contribution in [2.45, 2.75) is 45.1 Å². The monoisotopic (exact) mass is 585 g/mol. The van der Waals surface area contributed by atoms with Crippen molar-refractivity contribution in [3.63, 3.8) is 0 Å². The number of hydrogen-bond donors (Lipinski definition) is 2. The van der Waals surface area contributed by atoms with Gasteiger partial charge in [0.15, 0.2) is 22.6 Å². The van der Waals surface area contributed by atoms with Crippen molar-refractivity contribution in [1.29, 1.82) is 0 Å². The number of allylic oxidation sites excluding steroid dienone is 1. The van der Waals surface area contributed by atoms with Crippen LogP contribution in [-0.2, 0) is 16.8 Å². The van der Waals surface area contributed by atoms with E-state index in [0.29, 0.717) is 46.0 Å². The standard InChI is InChI=1S/C31H33ClFNO5S/c1-18-10-11-34(15-18)19(2)16-38-24-7-4-21(5-8-24)31-30(25-9-6-23(32)12-22(25)17-40(36)37)20(3)26-13-28(35)27(33)14-29(26)39-31/h4-9,12-14,18-19,31,35H,10-11,15-17H2,1-3H3,(H,36,37)/t18-,19+,31?/m1/s1. The number of halogens is 2. The Morgan fingerprint density at radius 1 is 1.18 bits per heavy atom. The Balaban J connectivity index is 1.49. The molecule has 1 fully saturated rings. The number of rotatable bonds is 8. The van der Waals surface area contributed by atoms with Crippen LogP contribution < -0.4 is 9.47 Å². The van der Waals surface area contributed by atoms with Crippen LogP contribution in [0.3, 0.4) is 0 Å². The maximum absolute atomic E-state index is 14.3. The van der Waals surface area contributed by atoms with Crippen molar-refractivity contribution in [2.75, 3.05) is 19.7 Å². The van der Waals surface area contributed by atoms with Gasteiger partial charge in [-0.2, -0.15) is 0 Å². The highest BCUT2D eigenvalue weighted by atomic mass is 35.5. The molecule has 3 aromatic carbocycles. The zero-order valence-corrected chi connectivity index (χ0v) is 24.3. The van der Waals surface area contributed by atoms with Gasteiger partial charge in [0, 0.05) is 34.8 Å². The second-order valence-electron chi connectivity index (χ2n) is 10.7. The molecule has 6 nitrogen and oxygen atoms in total. The van der Waals surface area contributed by atoms with Gasteiger partial charge in [0.05, 0.1) is 5.75 Å². The molecular weight excluding hydrogens is 553 g/mol. The summed E-state index contributed by atoms with van der Waals surface area (Å²) in [7, 11) is 0. The number of hydrogen-bond acceptors (Lipinski definition) is 5. The fourth-order valence-electron chi connectivity index (χ4n) is 5.55. The number of phenols is 1. The first-order valence-corrected chi connectivity index (χ1v) is 15.0. The van der Waals surface area contributed by atoms with Crippen molar-refractivity contribution in [2.24, 2.45) is 5.92 Å². The van der Waals surface area contributed by atoms with E-state index in [1.807, 2.05) is 31.2 Å². The van der Waals surface area contributed by atoms with Gasteiger partial charge in [0.2, 0.25) is 0 Å². The molecule has 2 aliphatic heterocycles. The Morgan fingerprint density at radius 2 is 1.93 bits per heavy atom. The van der Waals surface area contributed by atoms with Gasteiger partial charge in [-0.15, -0.1) is 0 Å². The Kier molecular flexibility index (Phi) is 8.52. The summed E-state index contributed by atoms with van der Waals surface area (Å²) in [6.07, 6.45) is 0.564. The van der Waals surface area contributed by atoms with Crippen LogP contribution in [0.5, 0.6) is 17.2 Å². The van der Waals surface area contributed by atoms with Crippen LogP contribution in [0.15, 0.2) is 54.6 Å². The lowest BCUT2D eigenvalue weighted by Crippen LogP contribution is -2.35. The van der Waals surface area contributed by atoms with Gasteiger partial charge in [-0.3, -0.25) is 4.90 Å². The van der Waals surface area contributed by atoms with Crippen molar-refractivity contribution >= 4 is 33.8 Å². The van der Waals surface area contributed by atoms with Crippen LogP contribution >= 0.6 is 11.6 Å². The minimum Gasteiger partial charge on any atom is -0.505 e. The lowest BCUT2D eigenvalue weighted by molar-refractivity contribution is 0.169. The third-order valence-corrected chi connectivity index (χ3v) is 8.55. The van der Waals surface area contributed by atoms with Crippen molar-refractivity contribution in [3.8, 4) is 17.2 Å². The molecule has 1 saturated heterocycles. The number of fused-ring (bicyclic) bond motifs is 1. The summed E-state index contributed by atoms with van der Waals surface area (Å²) in [6, 6.07) is 15.6. The third kappa shape index (κ3) is 6.05. The molecule has 0 aromatic heterocycles. The molecule has 2 heterocycles. The molecule has 0 saturated carbocycles. The average molecular weight is 586 g/mol. The maximum atomic E-state index is 14.3. The minimum absolute atomic E-state index is 0.123. The molecule has 40 heavy (non-hydrogen) atoms. The lowest BCUT2D eigenvalue weighted by Gasteiger charge is -2.32. The van der Waals surface area contributed by atoms with Crippen LogP contribution in [0.1, 0.15) is 55.5 Å². The predicted molar refractivity (Wildman–Crippen MR) is 157 cm³/mol. The zero-order valence-electron chi connectivity index (χ0n) is 22.7. The average Bonchev–Trinajstić information content (AvgIpc) is 3.35. The van der Waals surface area contributed by atoms with E-state index in [9.17, 15) is 18.3 Å². The van der Waals surface area contributed by atoms with E-state index in [4.69, 9.17) is 21.1 Å². The fourth-order valence-corrected chi connectivity index (χ4v) is 6.25. The number of likely N-dealkylation sites (tertiary alicyclic amines) is 1. The summed E-state index contributed by atoms with van der Waals surface area (Å²) in [6.45, 7) is 9.09. The highest BCUT2D eigenvalue weighted by molar-refractivity contribution is 7.78. The molecule has 9 heteroatoms. The topological polar surface area (TPSA) is 79.2 Å². The van der Waals surface area contributed by atoms with Gasteiger partial charge < -0.3 is 19.1 Å².